The molecule has 3 N–H and O–H groups in total. The summed E-state index contributed by atoms with van der Waals surface area (Å²) in [6, 6.07) is 7.28. The highest BCUT2D eigenvalue weighted by Gasteiger charge is 2.22. The second-order valence-electron chi connectivity index (χ2n) is 3.62. The Kier molecular flexibility index (Phi) is 3.39. The second kappa shape index (κ2) is 4.60. The Morgan fingerprint density at radius 1 is 0.895 bits per heavy atom. The highest BCUT2D eigenvalue weighted by molar-refractivity contribution is 7.95. The zero-order chi connectivity index (χ0) is 14.3. The van der Waals surface area contributed by atoms with Gasteiger partial charge in [-0.25, -0.2) is 22.0 Å². The van der Waals surface area contributed by atoms with Crippen LogP contribution in [0.15, 0.2) is 49.7 Å². The number of phenolic OH excluding ortho intramolecular Hbond substituents is 1. The van der Waals surface area contributed by atoms with Crippen LogP contribution in [0.4, 0.5) is 0 Å². The van der Waals surface area contributed by atoms with Gasteiger partial charge in [-0.1, -0.05) is 0 Å². The highest BCUT2D eigenvalue weighted by Crippen LogP contribution is 2.30. The summed E-state index contributed by atoms with van der Waals surface area (Å²) in [5.41, 5.74) is 0. The van der Waals surface area contributed by atoms with Crippen LogP contribution in [0, 0.1) is 0 Å². The van der Waals surface area contributed by atoms with Crippen molar-refractivity contribution in [2.24, 2.45) is 5.14 Å². The van der Waals surface area contributed by atoms with Crippen LogP contribution in [0.5, 0.6) is 5.75 Å². The molecule has 1 heterocycles. The molecule has 0 saturated heterocycles. The maximum atomic E-state index is 12.2. The zero-order valence-electron chi connectivity index (χ0n) is 9.35. The number of rotatable bonds is 3. The molecule has 0 spiro atoms. The number of aromatic hydroxyl groups is 1. The largest absolute Gasteiger partial charge is 0.508 e. The molecule has 0 unspecified atom stereocenters. The van der Waals surface area contributed by atoms with E-state index in [0.29, 0.717) is 11.3 Å². The number of hydrogen-bond acceptors (Lipinski definition) is 6. The molecular formula is C10H9NO5S3. The predicted molar refractivity (Wildman–Crippen MR) is 69.3 cm³/mol. The average Bonchev–Trinajstić information content (AvgIpc) is 2.79. The van der Waals surface area contributed by atoms with E-state index in [0.717, 1.165) is 6.07 Å². The van der Waals surface area contributed by atoms with Gasteiger partial charge in [0.1, 0.15) is 14.2 Å². The van der Waals surface area contributed by atoms with E-state index >= 15 is 0 Å². The minimum absolute atomic E-state index is 0.0341. The van der Waals surface area contributed by atoms with E-state index < -0.39 is 19.9 Å². The highest BCUT2D eigenvalue weighted by atomic mass is 32.3. The lowest BCUT2D eigenvalue weighted by atomic mass is 10.3. The molecule has 2 rings (SSSR count). The number of phenols is 1. The molecule has 0 aliphatic heterocycles. The first-order valence-corrected chi connectivity index (χ1v) is 8.72. The van der Waals surface area contributed by atoms with Crippen LogP contribution in [-0.4, -0.2) is 21.9 Å². The molecule has 0 saturated carbocycles. The summed E-state index contributed by atoms with van der Waals surface area (Å²) in [4.78, 5) is -0.0341. The Morgan fingerprint density at radius 2 is 1.42 bits per heavy atom. The van der Waals surface area contributed by atoms with Crippen LogP contribution < -0.4 is 5.14 Å². The van der Waals surface area contributed by atoms with Crippen molar-refractivity contribution in [1.82, 2.24) is 0 Å². The number of sulfone groups is 1. The number of hydrogen-bond donors (Lipinski definition) is 2. The first kappa shape index (κ1) is 14.0. The van der Waals surface area contributed by atoms with Gasteiger partial charge in [0.05, 0.1) is 4.90 Å². The van der Waals surface area contributed by atoms with E-state index in [1.165, 1.54) is 30.3 Å². The third-order valence-corrected chi connectivity index (χ3v) is 7.03. The normalized spacial score (nSPS) is 12.5. The summed E-state index contributed by atoms with van der Waals surface area (Å²) >= 11 is 0.582. The van der Waals surface area contributed by atoms with E-state index in [4.69, 9.17) is 10.2 Å². The van der Waals surface area contributed by atoms with Gasteiger partial charge in [-0.3, -0.25) is 0 Å². The lowest BCUT2D eigenvalue weighted by Crippen LogP contribution is -2.09. The number of sulfonamides is 1. The van der Waals surface area contributed by atoms with Crippen molar-refractivity contribution < 1.29 is 21.9 Å². The van der Waals surface area contributed by atoms with E-state index in [9.17, 15) is 16.8 Å². The van der Waals surface area contributed by atoms with Crippen molar-refractivity contribution in [1.29, 1.82) is 0 Å². The van der Waals surface area contributed by atoms with Crippen LogP contribution in [-0.2, 0) is 19.9 Å². The molecule has 6 nitrogen and oxygen atoms in total. The summed E-state index contributed by atoms with van der Waals surface area (Å²) in [6.45, 7) is 0. The maximum absolute atomic E-state index is 12.2. The van der Waals surface area contributed by atoms with E-state index in [1.807, 2.05) is 0 Å². The Morgan fingerprint density at radius 3 is 1.89 bits per heavy atom. The summed E-state index contributed by atoms with van der Waals surface area (Å²) < 4.78 is 46.2. The Hall–Kier alpha value is -1.42. The fourth-order valence-corrected chi connectivity index (χ4v) is 4.93. The van der Waals surface area contributed by atoms with Crippen LogP contribution in [0.1, 0.15) is 0 Å². The lowest BCUT2D eigenvalue weighted by molar-refractivity contribution is 0.475. The van der Waals surface area contributed by atoms with Crippen molar-refractivity contribution in [2.75, 3.05) is 0 Å². The van der Waals surface area contributed by atoms with Gasteiger partial charge in [-0.05, 0) is 36.4 Å². The van der Waals surface area contributed by atoms with Crippen LogP contribution in [0.2, 0.25) is 0 Å². The lowest BCUT2D eigenvalue weighted by Gasteiger charge is -2.01. The number of primary sulfonamides is 1. The van der Waals surface area contributed by atoms with Gasteiger partial charge in [0, 0.05) is 0 Å². The number of nitrogens with two attached hydrogens (primary N) is 1. The van der Waals surface area contributed by atoms with Crippen molar-refractivity contribution in [3.63, 3.8) is 0 Å². The SMILES string of the molecule is NS(=O)(=O)c1ccc(S(=O)(=O)c2ccc(O)cc2)s1. The van der Waals surface area contributed by atoms with Gasteiger partial charge in [-0.15, -0.1) is 11.3 Å². The van der Waals surface area contributed by atoms with Gasteiger partial charge in [-0.2, -0.15) is 0 Å². The quantitative estimate of drug-likeness (QED) is 0.873. The molecule has 0 radical (unpaired) electrons. The zero-order valence-corrected chi connectivity index (χ0v) is 11.8. The van der Waals surface area contributed by atoms with E-state index in [1.54, 1.807) is 0 Å². The van der Waals surface area contributed by atoms with Gasteiger partial charge < -0.3 is 5.11 Å². The number of benzene rings is 1. The summed E-state index contributed by atoms with van der Waals surface area (Å²) in [5, 5.41) is 14.0. The number of thiophene rings is 1. The minimum atomic E-state index is -3.92. The van der Waals surface area contributed by atoms with E-state index in [2.05, 4.69) is 0 Å². The second-order valence-corrected chi connectivity index (χ2v) is 8.66. The van der Waals surface area contributed by atoms with Gasteiger partial charge in [0.2, 0.25) is 19.9 Å². The molecule has 0 aliphatic rings. The fourth-order valence-electron chi connectivity index (χ4n) is 1.34. The maximum Gasteiger partial charge on any atom is 0.247 e. The molecule has 2 aromatic rings. The summed E-state index contributed by atoms with van der Waals surface area (Å²) in [5.74, 6) is -0.0599. The Labute approximate surface area is 114 Å². The molecule has 1 aromatic heterocycles. The molecular weight excluding hydrogens is 310 g/mol. The van der Waals surface area contributed by atoms with Crippen molar-refractivity contribution in [3.8, 4) is 5.75 Å². The molecule has 1 aromatic carbocycles. The van der Waals surface area contributed by atoms with Gasteiger partial charge in [0.25, 0.3) is 0 Å². The van der Waals surface area contributed by atoms with Crippen LogP contribution in [0.25, 0.3) is 0 Å². The van der Waals surface area contributed by atoms with Crippen molar-refractivity contribution in [3.05, 3.63) is 36.4 Å². The molecule has 19 heavy (non-hydrogen) atoms. The standard InChI is InChI=1S/C10H9NO5S3/c11-19(15,16)10-6-5-9(17-10)18(13,14)8-3-1-7(12)2-4-8/h1-6,12H,(H2,11,15,16). The van der Waals surface area contributed by atoms with Crippen molar-refractivity contribution >= 4 is 31.2 Å². The topological polar surface area (TPSA) is 115 Å². The third kappa shape index (κ3) is 2.78. The summed E-state index contributed by atoms with van der Waals surface area (Å²) in [7, 11) is -7.72. The smallest absolute Gasteiger partial charge is 0.247 e. The predicted octanol–water partition coefficient (Wildman–Crippen LogP) is 0.934. The van der Waals surface area contributed by atoms with Crippen LogP contribution in [0.3, 0.4) is 0 Å². The molecule has 0 fully saturated rings. The first-order valence-electron chi connectivity index (χ1n) is 4.88. The first-order chi connectivity index (χ1) is 8.71. The molecule has 0 atom stereocenters. The molecule has 0 amide bonds. The van der Waals surface area contributed by atoms with Crippen LogP contribution >= 0.6 is 11.3 Å². The molecule has 0 aliphatic carbocycles. The average molecular weight is 319 g/mol. The molecule has 9 heteroatoms. The Bertz CT molecular complexity index is 803. The monoisotopic (exact) mass is 319 g/mol. The van der Waals surface area contributed by atoms with E-state index in [-0.39, 0.29) is 19.1 Å². The molecule has 0 bridgehead atoms. The van der Waals surface area contributed by atoms with Crippen molar-refractivity contribution in [2.45, 2.75) is 13.3 Å². The fraction of sp³-hybridized carbons (Fsp3) is 0. The Balaban J connectivity index is 2.51. The molecule has 102 valence electrons. The summed E-state index contributed by atoms with van der Waals surface area (Å²) in [6.07, 6.45) is 0. The minimum Gasteiger partial charge on any atom is -0.508 e. The van der Waals surface area contributed by atoms with Gasteiger partial charge >= 0.3 is 0 Å². The third-order valence-electron chi connectivity index (χ3n) is 2.25. The van der Waals surface area contributed by atoms with Gasteiger partial charge in [0.15, 0.2) is 0 Å².